The third-order valence-electron chi connectivity index (χ3n) is 1.85. The molecule has 0 aliphatic carbocycles. The van der Waals surface area contributed by atoms with Gasteiger partial charge in [-0.25, -0.2) is 4.79 Å². The Hall–Kier alpha value is -1.91. The molecular weight excluding hydrogens is 218 g/mol. The number of benzene rings is 1. The van der Waals surface area contributed by atoms with E-state index < -0.39 is 12.6 Å². The molecule has 0 radical (unpaired) electrons. The van der Waals surface area contributed by atoms with E-state index in [1.807, 2.05) is 0 Å². The molecule has 0 aromatic heterocycles. The number of alkyl halides is 2. The van der Waals surface area contributed by atoms with Crippen LogP contribution in [-0.4, -0.2) is 17.7 Å². The van der Waals surface area contributed by atoms with Crippen LogP contribution in [0, 0.1) is 6.92 Å². The Morgan fingerprint density at radius 3 is 2.75 bits per heavy atom. The van der Waals surface area contributed by atoms with Gasteiger partial charge in [0.1, 0.15) is 5.75 Å². The summed E-state index contributed by atoms with van der Waals surface area (Å²) in [5.74, 6) is -1.06. The van der Waals surface area contributed by atoms with Crippen molar-refractivity contribution >= 4 is 12.0 Å². The molecule has 0 atom stereocenters. The number of rotatable bonds is 4. The molecule has 0 aliphatic rings. The molecule has 0 bridgehead atoms. The van der Waals surface area contributed by atoms with Crippen molar-refractivity contribution in [2.75, 3.05) is 0 Å². The van der Waals surface area contributed by atoms with Gasteiger partial charge in [-0.2, -0.15) is 8.78 Å². The van der Waals surface area contributed by atoms with E-state index in [2.05, 4.69) is 4.74 Å². The molecule has 16 heavy (non-hydrogen) atoms. The fraction of sp³-hybridized carbons (Fsp3) is 0.182. The Labute approximate surface area is 91.0 Å². The summed E-state index contributed by atoms with van der Waals surface area (Å²) in [6, 6.07) is 4.56. The smallest absolute Gasteiger partial charge is 0.387 e. The topological polar surface area (TPSA) is 46.5 Å². The van der Waals surface area contributed by atoms with Crippen molar-refractivity contribution in [3.63, 3.8) is 0 Å². The summed E-state index contributed by atoms with van der Waals surface area (Å²) in [4.78, 5) is 10.3. The van der Waals surface area contributed by atoms with E-state index in [1.165, 1.54) is 12.1 Å². The normalized spacial score (nSPS) is 11.0. The maximum atomic E-state index is 12.0. The van der Waals surface area contributed by atoms with Gasteiger partial charge in [0.2, 0.25) is 0 Å². The number of ether oxygens (including phenoxy) is 1. The van der Waals surface area contributed by atoms with Crippen molar-refractivity contribution in [3.8, 4) is 5.75 Å². The lowest BCUT2D eigenvalue weighted by atomic mass is 10.1. The molecule has 0 saturated carbocycles. The first-order chi connectivity index (χ1) is 7.49. The zero-order valence-electron chi connectivity index (χ0n) is 8.48. The summed E-state index contributed by atoms with van der Waals surface area (Å²) in [6.45, 7) is -1.26. The molecule has 0 fully saturated rings. The first-order valence-corrected chi connectivity index (χ1v) is 4.45. The fourth-order valence-electron chi connectivity index (χ4n) is 1.11. The van der Waals surface area contributed by atoms with Gasteiger partial charge in [0, 0.05) is 6.08 Å². The van der Waals surface area contributed by atoms with Crippen molar-refractivity contribution in [2.45, 2.75) is 13.5 Å². The van der Waals surface area contributed by atoms with Crippen LogP contribution in [0.4, 0.5) is 8.78 Å². The molecule has 0 aliphatic heterocycles. The summed E-state index contributed by atoms with van der Waals surface area (Å²) < 4.78 is 28.3. The van der Waals surface area contributed by atoms with Crippen molar-refractivity contribution in [1.82, 2.24) is 0 Å². The van der Waals surface area contributed by atoms with Crippen LogP contribution in [0.2, 0.25) is 0 Å². The Kier molecular flexibility index (Phi) is 3.99. The maximum absolute atomic E-state index is 12.0. The SMILES string of the molecule is Cc1ccc(/C=C/C(=O)O)cc1OC(F)F. The van der Waals surface area contributed by atoms with Gasteiger partial charge in [0.25, 0.3) is 0 Å². The van der Waals surface area contributed by atoms with Crippen LogP contribution in [-0.2, 0) is 4.79 Å². The summed E-state index contributed by atoms with van der Waals surface area (Å²) in [5, 5.41) is 8.41. The highest BCUT2D eigenvalue weighted by molar-refractivity contribution is 5.85. The predicted octanol–water partition coefficient (Wildman–Crippen LogP) is 2.69. The van der Waals surface area contributed by atoms with E-state index in [0.29, 0.717) is 11.1 Å². The van der Waals surface area contributed by atoms with E-state index in [4.69, 9.17) is 5.11 Å². The molecule has 0 spiro atoms. The number of hydrogen-bond donors (Lipinski definition) is 1. The number of hydrogen-bond acceptors (Lipinski definition) is 2. The lowest BCUT2D eigenvalue weighted by molar-refractivity contribution is -0.131. The highest BCUT2D eigenvalue weighted by Gasteiger charge is 2.07. The van der Waals surface area contributed by atoms with Crippen molar-refractivity contribution in [3.05, 3.63) is 35.4 Å². The molecule has 0 unspecified atom stereocenters. The minimum absolute atomic E-state index is 0.0440. The molecule has 0 amide bonds. The number of carboxylic acids is 1. The van der Waals surface area contributed by atoms with Crippen LogP contribution in [0.5, 0.6) is 5.75 Å². The largest absolute Gasteiger partial charge is 0.478 e. The van der Waals surface area contributed by atoms with Crippen molar-refractivity contribution < 1.29 is 23.4 Å². The maximum Gasteiger partial charge on any atom is 0.387 e. The highest BCUT2D eigenvalue weighted by Crippen LogP contribution is 2.22. The van der Waals surface area contributed by atoms with Crippen LogP contribution in [0.3, 0.4) is 0 Å². The predicted molar refractivity (Wildman–Crippen MR) is 54.5 cm³/mol. The minimum atomic E-state index is -2.89. The molecule has 1 aromatic carbocycles. The summed E-state index contributed by atoms with van der Waals surface area (Å²) in [6.07, 6.45) is 2.23. The molecule has 0 saturated heterocycles. The quantitative estimate of drug-likeness (QED) is 0.806. The van der Waals surface area contributed by atoms with Gasteiger partial charge in [-0.1, -0.05) is 12.1 Å². The van der Waals surface area contributed by atoms with Gasteiger partial charge in [-0.15, -0.1) is 0 Å². The first-order valence-electron chi connectivity index (χ1n) is 4.45. The molecule has 5 heteroatoms. The van der Waals surface area contributed by atoms with Gasteiger partial charge >= 0.3 is 12.6 Å². The third-order valence-corrected chi connectivity index (χ3v) is 1.85. The van der Waals surface area contributed by atoms with E-state index in [0.717, 1.165) is 6.08 Å². The molecule has 1 aromatic rings. The number of aryl methyl sites for hydroxylation is 1. The van der Waals surface area contributed by atoms with Gasteiger partial charge in [-0.05, 0) is 30.2 Å². The standard InChI is InChI=1S/C11H10F2O3/c1-7-2-3-8(4-5-10(14)15)6-9(7)16-11(12)13/h2-6,11H,1H3,(H,14,15)/b5-4+. The monoisotopic (exact) mass is 228 g/mol. The van der Waals surface area contributed by atoms with Crippen molar-refractivity contribution in [2.24, 2.45) is 0 Å². The van der Waals surface area contributed by atoms with Gasteiger partial charge in [-0.3, -0.25) is 0 Å². The Balaban J connectivity index is 2.93. The lowest BCUT2D eigenvalue weighted by Crippen LogP contribution is -2.03. The Morgan fingerprint density at radius 1 is 1.50 bits per heavy atom. The molecule has 1 N–H and O–H groups in total. The second-order valence-corrected chi connectivity index (χ2v) is 3.08. The first kappa shape index (κ1) is 12.2. The Morgan fingerprint density at radius 2 is 2.19 bits per heavy atom. The van der Waals surface area contributed by atoms with Gasteiger partial charge < -0.3 is 9.84 Å². The number of carbonyl (C=O) groups is 1. The summed E-state index contributed by atoms with van der Waals surface area (Å²) in [7, 11) is 0. The average molecular weight is 228 g/mol. The zero-order chi connectivity index (χ0) is 12.1. The van der Waals surface area contributed by atoms with Crippen molar-refractivity contribution in [1.29, 1.82) is 0 Å². The van der Waals surface area contributed by atoms with E-state index in [9.17, 15) is 13.6 Å². The number of halogens is 2. The van der Waals surface area contributed by atoms with Crippen LogP contribution in [0.1, 0.15) is 11.1 Å². The third kappa shape index (κ3) is 3.68. The molecule has 86 valence electrons. The number of aliphatic carboxylic acids is 1. The van der Waals surface area contributed by atoms with Crippen LogP contribution >= 0.6 is 0 Å². The van der Waals surface area contributed by atoms with Crippen LogP contribution in [0.25, 0.3) is 6.08 Å². The minimum Gasteiger partial charge on any atom is -0.478 e. The van der Waals surface area contributed by atoms with E-state index >= 15 is 0 Å². The summed E-state index contributed by atoms with van der Waals surface area (Å²) >= 11 is 0. The van der Waals surface area contributed by atoms with E-state index in [1.54, 1.807) is 19.1 Å². The van der Waals surface area contributed by atoms with E-state index in [-0.39, 0.29) is 5.75 Å². The highest BCUT2D eigenvalue weighted by atomic mass is 19.3. The van der Waals surface area contributed by atoms with Crippen LogP contribution < -0.4 is 4.74 Å². The second-order valence-electron chi connectivity index (χ2n) is 3.08. The number of carboxylic acid groups (broad SMARTS) is 1. The zero-order valence-corrected chi connectivity index (χ0v) is 8.48. The lowest BCUT2D eigenvalue weighted by Gasteiger charge is -2.08. The second kappa shape index (κ2) is 5.25. The Bertz CT molecular complexity index is 414. The molecule has 1 rings (SSSR count). The van der Waals surface area contributed by atoms with Gasteiger partial charge in [0.05, 0.1) is 0 Å². The fourth-order valence-corrected chi connectivity index (χ4v) is 1.11. The molecule has 0 heterocycles. The van der Waals surface area contributed by atoms with Crippen LogP contribution in [0.15, 0.2) is 24.3 Å². The molecular formula is C11H10F2O3. The molecule has 3 nitrogen and oxygen atoms in total. The van der Waals surface area contributed by atoms with Gasteiger partial charge in [0.15, 0.2) is 0 Å². The average Bonchev–Trinajstić information content (AvgIpc) is 2.18. The summed E-state index contributed by atoms with van der Waals surface area (Å²) in [5.41, 5.74) is 1.05.